The molecule has 11 heteroatoms. The van der Waals surface area contributed by atoms with Crippen LogP contribution in [-0.2, 0) is 56.6 Å². The Balaban J connectivity index is 0.00000357. The van der Waals surface area contributed by atoms with Crippen molar-refractivity contribution in [2.24, 2.45) is 0 Å². The molecule has 4 aliphatic heterocycles. The number of rotatable bonds is 7. The normalized spacial score (nSPS) is 18.8. The van der Waals surface area contributed by atoms with Crippen molar-refractivity contribution in [1.82, 2.24) is 19.9 Å². The minimum atomic E-state index is -1.05. The maximum Gasteiger partial charge on any atom is 2.00 e. The molecule has 230 valence electrons. The Morgan fingerprint density at radius 2 is 1.40 bits per heavy atom. The van der Waals surface area contributed by atoms with E-state index in [0.717, 1.165) is 73.5 Å². The first-order valence-electron chi connectivity index (χ1n) is 14.6. The number of aliphatic carboxylic acids is 2. The molecule has 2 saturated heterocycles. The zero-order valence-corrected chi connectivity index (χ0v) is 28.1. The zero-order valence-electron chi connectivity index (χ0n) is 25.2. The minimum absolute atomic E-state index is 0. The fourth-order valence-corrected chi connectivity index (χ4v) is 7.79. The largest absolute Gasteiger partial charge is 2.00 e. The first kappa shape index (κ1) is 31.5. The van der Waals surface area contributed by atoms with Gasteiger partial charge in [0.05, 0.1) is 22.8 Å². The van der Waals surface area contributed by atoms with Crippen LogP contribution in [0.15, 0.2) is 36.4 Å². The monoisotopic (exact) mass is 680 g/mol. The van der Waals surface area contributed by atoms with Crippen molar-refractivity contribution in [3.8, 4) is 0 Å². The van der Waals surface area contributed by atoms with E-state index in [9.17, 15) is 19.8 Å². The van der Waals surface area contributed by atoms with Crippen LogP contribution in [0.3, 0.4) is 0 Å². The molecule has 2 N–H and O–H groups in total. The summed E-state index contributed by atoms with van der Waals surface area (Å²) in [5.41, 5.74) is 14.4. The summed E-state index contributed by atoms with van der Waals surface area (Å²) in [7, 11) is 0. The molecule has 2 fully saturated rings. The molecule has 7 rings (SSSR count). The Bertz CT molecular complexity index is 2050. The fraction of sp³-hybridized carbons (Fsp3) is 0.294. The summed E-state index contributed by atoms with van der Waals surface area (Å²) in [5, 5.41) is 19.8. The molecule has 3 aromatic rings. The van der Waals surface area contributed by atoms with Crippen LogP contribution in [0.2, 0.25) is 0 Å². The van der Waals surface area contributed by atoms with E-state index >= 15 is 0 Å². The van der Waals surface area contributed by atoms with Crippen LogP contribution in [0, 0.1) is 13.8 Å². The smallest absolute Gasteiger partial charge is 0.657 e. The average Bonchev–Trinajstić information content (AvgIpc) is 3.88. The molecule has 0 amide bonds. The molecule has 0 aliphatic carbocycles. The molecule has 0 saturated carbocycles. The van der Waals surface area contributed by atoms with Crippen molar-refractivity contribution >= 4 is 79.8 Å². The molecule has 0 unspecified atom stereocenters. The van der Waals surface area contributed by atoms with E-state index in [-0.39, 0.29) is 23.5 Å². The molecule has 4 aliphatic rings. The standard InChI is InChI=1S/C34H32N4O4S2.Fe/c1-15-19(5-7-31(39)40)25-12-26-20(6-8-32(41)42)16(2)22(36-26)10-27-34(30-14-44-30)18(4)24(38-27)11-28-33(29-13-43-29)17(3)23(37-28)9-21(15)35-25;/h6,8-12,29-30H,5,7,13-14H2,1-4H3,(H4,35,36,37,38,39,40,41,42);/q;+2/b8-6+,21-9?,22-10?,23-9?,24-11?,25-12?,26-12?,27-10?,28-11?;/t29-,30-;/m0./s1. The summed E-state index contributed by atoms with van der Waals surface area (Å²) >= 11 is 2.80. The van der Waals surface area contributed by atoms with Gasteiger partial charge >= 0.3 is 29.0 Å². The van der Waals surface area contributed by atoms with Crippen molar-refractivity contribution in [1.29, 1.82) is 0 Å². The number of aryl methyl sites for hydroxylation is 3. The Labute approximate surface area is 279 Å². The van der Waals surface area contributed by atoms with E-state index in [1.54, 1.807) is 6.08 Å². The number of aromatic nitrogens is 4. The van der Waals surface area contributed by atoms with E-state index < -0.39 is 11.9 Å². The summed E-state index contributed by atoms with van der Waals surface area (Å²) in [4.78, 5) is 43.3. The van der Waals surface area contributed by atoms with E-state index in [4.69, 9.17) is 19.9 Å². The van der Waals surface area contributed by atoms with Gasteiger partial charge in [-0.3, -0.25) is 4.79 Å². The molecule has 45 heavy (non-hydrogen) atoms. The molecule has 8 bridgehead atoms. The summed E-state index contributed by atoms with van der Waals surface area (Å²) in [6.45, 7) is 8.19. The Hall–Kier alpha value is -3.50. The van der Waals surface area contributed by atoms with Gasteiger partial charge in [0.25, 0.3) is 0 Å². The van der Waals surface area contributed by atoms with Gasteiger partial charge < -0.3 is 20.2 Å². The van der Waals surface area contributed by atoms with Gasteiger partial charge in [0.15, 0.2) is 22.0 Å². The number of thiol groups is 2. The van der Waals surface area contributed by atoms with E-state index in [1.807, 2.05) is 32.0 Å². The predicted molar refractivity (Wildman–Crippen MR) is 180 cm³/mol. The third-order valence-corrected chi connectivity index (χ3v) is 10.8. The predicted octanol–water partition coefficient (Wildman–Crippen LogP) is 4.77. The molecular formula is C34H32FeN4O4S2+2. The summed E-state index contributed by atoms with van der Waals surface area (Å²) in [6, 6.07) is 8.02. The molecule has 3 aromatic heterocycles. The van der Waals surface area contributed by atoms with Crippen LogP contribution >= 0.6 is 0 Å². The number of carbonyl (C=O) groups is 2. The molecule has 8 nitrogen and oxygen atoms in total. The van der Waals surface area contributed by atoms with Gasteiger partial charge in [0.2, 0.25) is 0 Å². The third kappa shape index (κ3) is 5.94. The van der Waals surface area contributed by atoms with Gasteiger partial charge in [0, 0.05) is 23.6 Å². The van der Waals surface area contributed by atoms with Crippen molar-refractivity contribution in [3.63, 3.8) is 0 Å². The van der Waals surface area contributed by atoms with Crippen LogP contribution in [-0.4, -0.2) is 48.9 Å². The third-order valence-electron chi connectivity index (χ3n) is 8.77. The van der Waals surface area contributed by atoms with E-state index in [2.05, 4.69) is 19.9 Å². The molecule has 7 heterocycles. The quantitative estimate of drug-likeness (QED) is 0.120. The van der Waals surface area contributed by atoms with Gasteiger partial charge in [-0.05, 0) is 80.4 Å². The number of nitrogens with zero attached hydrogens (tertiary/aromatic N) is 4. The van der Waals surface area contributed by atoms with Crippen LogP contribution in [0.1, 0.15) is 70.5 Å². The second-order valence-electron chi connectivity index (χ2n) is 11.7. The maximum absolute atomic E-state index is 11.6. The Morgan fingerprint density at radius 3 is 2.07 bits per heavy atom. The second kappa shape index (κ2) is 12.0. The topological polar surface area (TPSA) is 129 Å². The van der Waals surface area contributed by atoms with E-state index in [0.29, 0.717) is 33.7 Å². The molecule has 0 spiro atoms. The van der Waals surface area contributed by atoms with Gasteiger partial charge in [-0.2, -0.15) is 0 Å². The van der Waals surface area contributed by atoms with Crippen molar-refractivity contribution in [3.05, 3.63) is 81.4 Å². The molecule has 2 atom stereocenters. The maximum atomic E-state index is 11.6. The van der Waals surface area contributed by atoms with E-state index in [1.165, 1.54) is 40.2 Å². The zero-order chi connectivity index (χ0) is 30.9. The van der Waals surface area contributed by atoms with Crippen molar-refractivity contribution in [2.45, 2.75) is 51.0 Å². The number of carboxylic acids is 2. The van der Waals surface area contributed by atoms with Gasteiger partial charge in [0.1, 0.15) is 0 Å². The molecule has 0 radical (unpaired) electrons. The first-order valence-corrected chi connectivity index (χ1v) is 16.9. The van der Waals surface area contributed by atoms with Gasteiger partial charge in [-0.25, -0.2) is 14.8 Å². The fourth-order valence-electron chi connectivity index (χ4n) is 6.19. The van der Waals surface area contributed by atoms with Crippen molar-refractivity contribution < 1.29 is 36.9 Å². The van der Waals surface area contributed by atoms with Crippen LogP contribution in [0.25, 0.3) is 44.4 Å². The average molecular weight is 681 g/mol. The number of hydrogen-bond acceptors (Lipinski definition) is 4. The summed E-state index contributed by atoms with van der Waals surface area (Å²) < 4.78 is 0. The Kier molecular flexibility index (Phi) is 8.41. The Morgan fingerprint density at radius 1 is 0.822 bits per heavy atom. The van der Waals surface area contributed by atoms with Gasteiger partial charge in [-0.1, -0.05) is 41.0 Å². The minimum Gasteiger partial charge on any atom is -0.657 e. The van der Waals surface area contributed by atoms with Crippen LogP contribution in [0.4, 0.5) is 0 Å². The van der Waals surface area contributed by atoms with Crippen molar-refractivity contribution in [2.75, 3.05) is 11.5 Å². The summed E-state index contributed by atoms with van der Waals surface area (Å²) in [5.74, 6) is 0.301. The number of carboxylic acid groups (broad SMARTS) is 2. The molecular weight excluding hydrogens is 648 g/mol. The molecule has 0 aromatic carbocycles. The number of hydrogen-bond donors (Lipinski definition) is 2. The second-order valence-corrected chi connectivity index (χ2v) is 14.4. The number of fused-ring (bicyclic) bond motifs is 8. The van der Waals surface area contributed by atoms with Crippen LogP contribution < -0.4 is 9.97 Å². The van der Waals surface area contributed by atoms with Crippen LogP contribution in [0.5, 0.6) is 0 Å². The van der Waals surface area contributed by atoms with Gasteiger partial charge in [-0.15, -0.1) is 22.1 Å². The summed E-state index contributed by atoms with van der Waals surface area (Å²) in [6.07, 6.45) is 2.97. The SMILES string of the molecule is CC1=C(/C=C/C(=O)O)c2cc3[n-]c(cc4nc(cc5[n-]c(cc1n2)c([C@@H]1C[SH+]1)c5C)C([C@@H]1C[SH+]1)=C4C)c(C)c3CCC(=O)O.[Fe+2]. The number of allylic oxidation sites excluding steroid dienone is 4. The first-order chi connectivity index (χ1) is 21.1.